The van der Waals surface area contributed by atoms with E-state index < -0.39 is 0 Å². The summed E-state index contributed by atoms with van der Waals surface area (Å²) < 4.78 is 11.9. The van der Waals surface area contributed by atoms with Gasteiger partial charge in [0.15, 0.2) is 0 Å². The Morgan fingerprint density at radius 1 is 0.840 bits per heavy atom. The Morgan fingerprint density at radius 3 is 1.76 bits per heavy atom. The van der Waals surface area contributed by atoms with Crippen molar-refractivity contribution in [3.8, 4) is 0 Å². The third kappa shape index (κ3) is 4.77. The molecule has 0 amide bonds. The number of ether oxygens (including phenoxy) is 2. The lowest BCUT2D eigenvalue weighted by atomic mass is 9.88. The Morgan fingerprint density at radius 2 is 1.36 bits per heavy atom. The molecule has 0 bridgehead atoms. The van der Waals surface area contributed by atoms with E-state index in [4.69, 9.17) is 9.47 Å². The summed E-state index contributed by atoms with van der Waals surface area (Å²) in [6, 6.07) is 0. The molecule has 0 aliphatic carbocycles. The van der Waals surface area contributed by atoms with E-state index in [1.165, 1.54) is 12.8 Å². The zero-order valence-electron chi connectivity index (χ0n) is 18.2. The summed E-state index contributed by atoms with van der Waals surface area (Å²) >= 11 is 0. The van der Waals surface area contributed by atoms with Crippen LogP contribution in [0.5, 0.6) is 0 Å². The van der Waals surface area contributed by atoms with Crippen molar-refractivity contribution in [2.75, 3.05) is 33.5 Å². The van der Waals surface area contributed by atoms with E-state index in [1.807, 2.05) is 0 Å². The largest absolute Gasteiger partial charge is 0.379 e. The Kier molecular flexibility index (Phi) is 6.01. The van der Waals surface area contributed by atoms with Crippen LogP contribution < -0.4 is 5.32 Å². The van der Waals surface area contributed by atoms with E-state index in [1.54, 1.807) is 0 Å². The molecule has 2 unspecified atom stereocenters. The van der Waals surface area contributed by atoms with Crippen LogP contribution in [0, 0.1) is 11.8 Å². The number of likely N-dealkylation sites (tertiary alicyclic amines) is 1. The van der Waals surface area contributed by atoms with Crippen LogP contribution in [0.2, 0.25) is 0 Å². The van der Waals surface area contributed by atoms with Crippen LogP contribution >= 0.6 is 0 Å². The van der Waals surface area contributed by atoms with Gasteiger partial charge in [-0.05, 0) is 75.3 Å². The highest BCUT2D eigenvalue weighted by atomic mass is 16.5. The van der Waals surface area contributed by atoms with Gasteiger partial charge in [-0.2, -0.15) is 0 Å². The number of hydrogen-bond donors (Lipinski definition) is 1. The maximum atomic E-state index is 5.99. The summed E-state index contributed by atoms with van der Waals surface area (Å²) in [6.45, 7) is 21.5. The second kappa shape index (κ2) is 7.10. The summed E-state index contributed by atoms with van der Waals surface area (Å²) in [4.78, 5) is 2.50. The Labute approximate surface area is 156 Å². The molecular weight excluding hydrogens is 312 g/mol. The van der Waals surface area contributed by atoms with E-state index >= 15 is 0 Å². The van der Waals surface area contributed by atoms with Gasteiger partial charge < -0.3 is 14.8 Å². The summed E-state index contributed by atoms with van der Waals surface area (Å²) in [5.41, 5.74) is 0.798. The highest BCUT2D eigenvalue weighted by molar-refractivity contribution is 5.04. The van der Waals surface area contributed by atoms with Gasteiger partial charge in [-0.3, -0.25) is 4.90 Å². The predicted molar refractivity (Wildman–Crippen MR) is 105 cm³/mol. The molecule has 2 saturated heterocycles. The summed E-state index contributed by atoms with van der Waals surface area (Å²) in [5.74, 6) is 1.14. The number of hydrogen-bond acceptors (Lipinski definition) is 4. The van der Waals surface area contributed by atoms with E-state index in [-0.39, 0.29) is 22.2 Å². The monoisotopic (exact) mass is 354 g/mol. The first-order chi connectivity index (χ1) is 11.3. The zero-order valence-corrected chi connectivity index (χ0v) is 18.2. The van der Waals surface area contributed by atoms with Crippen LogP contribution in [-0.2, 0) is 9.47 Å². The molecule has 0 spiro atoms. The van der Waals surface area contributed by atoms with E-state index in [9.17, 15) is 0 Å². The molecule has 2 aliphatic heterocycles. The first-order valence-corrected chi connectivity index (χ1v) is 9.97. The fraction of sp³-hybridized carbons (Fsp3) is 1.00. The molecule has 0 aromatic carbocycles. The summed E-state index contributed by atoms with van der Waals surface area (Å²) in [7, 11) is 2.24. The minimum absolute atomic E-state index is 0.147. The molecule has 2 rings (SSSR count). The van der Waals surface area contributed by atoms with Gasteiger partial charge >= 0.3 is 0 Å². The van der Waals surface area contributed by atoms with Crippen molar-refractivity contribution >= 4 is 0 Å². The molecule has 148 valence electrons. The number of nitrogens with zero attached hydrogens (tertiary/aromatic N) is 1. The van der Waals surface area contributed by atoms with E-state index in [0.29, 0.717) is 25.0 Å². The molecule has 4 nitrogen and oxygen atoms in total. The molecule has 0 radical (unpaired) electrons. The van der Waals surface area contributed by atoms with Crippen molar-refractivity contribution in [2.45, 2.75) is 90.4 Å². The number of rotatable bonds is 7. The Hall–Kier alpha value is -0.160. The van der Waals surface area contributed by atoms with E-state index in [2.05, 4.69) is 72.7 Å². The minimum atomic E-state index is 0.147. The second-order valence-corrected chi connectivity index (χ2v) is 10.7. The molecular formula is C21H42N2O2. The van der Waals surface area contributed by atoms with Crippen LogP contribution in [0.25, 0.3) is 0 Å². The van der Waals surface area contributed by atoms with Gasteiger partial charge in [0.25, 0.3) is 0 Å². The van der Waals surface area contributed by atoms with E-state index in [0.717, 1.165) is 13.2 Å². The molecule has 2 fully saturated rings. The topological polar surface area (TPSA) is 33.7 Å². The Balaban J connectivity index is 1.66. The first-order valence-electron chi connectivity index (χ1n) is 9.97. The standard InChI is InChI=1S/C21H42N2O2/c1-18(2)12-16(20(5,6)22-18)14-24-10-11-25-15-17-13-19(3,4)23(9)21(17,7)8/h16-17,22H,10-15H2,1-9H3. The van der Waals surface area contributed by atoms with Crippen molar-refractivity contribution in [3.05, 3.63) is 0 Å². The second-order valence-electron chi connectivity index (χ2n) is 10.7. The van der Waals surface area contributed by atoms with Crippen LogP contribution in [0.15, 0.2) is 0 Å². The third-order valence-corrected chi connectivity index (χ3v) is 6.97. The highest BCUT2D eigenvalue weighted by Crippen LogP contribution is 2.43. The maximum Gasteiger partial charge on any atom is 0.0700 e. The Bertz CT molecular complexity index is 457. The lowest BCUT2D eigenvalue weighted by Crippen LogP contribution is -2.47. The van der Waals surface area contributed by atoms with Crippen molar-refractivity contribution in [2.24, 2.45) is 11.8 Å². The van der Waals surface area contributed by atoms with Crippen LogP contribution in [0.3, 0.4) is 0 Å². The average molecular weight is 355 g/mol. The van der Waals surface area contributed by atoms with Crippen LogP contribution in [-0.4, -0.2) is 60.5 Å². The molecule has 0 saturated carbocycles. The van der Waals surface area contributed by atoms with Crippen molar-refractivity contribution < 1.29 is 9.47 Å². The summed E-state index contributed by atoms with van der Waals surface area (Å²) in [6.07, 6.45) is 2.35. The smallest absolute Gasteiger partial charge is 0.0700 e. The average Bonchev–Trinajstić information content (AvgIpc) is 2.75. The van der Waals surface area contributed by atoms with Crippen molar-refractivity contribution in [1.82, 2.24) is 10.2 Å². The molecule has 0 aromatic rings. The van der Waals surface area contributed by atoms with Gasteiger partial charge in [-0.25, -0.2) is 0 Å². The molecule has 4 heteroatoms. The van der Waals surface area contributed by atoms with Gasteiger partial charge in [0, 0.05) is 34.0 Å². The third-order valence-electron chi connectivity index (χ3n) is 6.97. The maximum absolute atomic E-state index is 5.99. The van der Waals surface area contributed by atoms with Gasteiger partial charge in [0.1, 0.15) is 0 Å². The predicted octanol–water partition coefficient (Wildman–Crippen LogP) is 3.70. The summed E-state index contributed by atoms with van der Waals surface area (Å²) in [5, 5.41) is 3.71. The van der Waals surface area contributed by atoms with Gasteiger partial charge in [-0.15, -0.1) is 0 Å². The highest BCUT2D eigenvalue weighted by Gasteiger charge is 2.49. The van der Waals surface area contributed by atoms with Crippen molar-refractivity contribution in [1.29, 1.82) is 0 Å². The number of nitrogens with one attached hydrogen (secondary N) is 1. The fourth-order valence-electron chi connectivity index (χ4n) is 5.04. The van der Waals surface area contributed by atoms with Crippen LogP contribution in [0.4, 0.5) is 0 Å². The molecule has 2 heterocycles. The lowest BCUT2D eigenvalue weighted by Gasteiger charge is -2.38. The van der Waals surface area contributed by atoms with Gasteiger partial charge in [0.2, 0.25) is 0 Å². The minimum Gasteiger partial charge on any atom is -0.379 e. The van der Waals surface area contributed by atoms with Crippen LogP contribution in [0.1, 0.15) is 68.2 Å². The first kappa shape index (κ1) is 21.1. The molecule has 2 aliphatic rings. The molecule has 0 aromatic heterocycles. The molecule has 25 heavy (non-hydrogen) atoms. The normalized spacial score (nSPS) is 33.0. The van der Waals surface area contributed by atoms with Gasteiger partial charge in [0.05, 0.1) is 26.4 Å². The quantitative estimate of drug-likeness (QED) is 0.707. The lowest BCUT2D eigenvalue weighted by molar-refractivity contribution is 0.00306. The SMILES string of the molecule is CN1C(C)(C)CC(COCCOCC2CC(C)(C)NC2(C)C)C1(C)C. The zero-order chi connectivity index (χ0) is 19.1. The van der Waals surface area contributed by atoms with Gasteiger partial charge in [-0.1, -0.05) is 0 Å². The van der Waals surface area contributed by atoms with Crippen molar-refractivity contribution in [3.63, 3.8) is 0 Å². The fourth-order valence-corrected chi connectivity index (χ4v) is 5.04. The molecule has 1 N–H and O–H groups in total. The molecule has 2 atom stereocenters.